The van der Waals surface area contributed by atoms with Gasteiger partial charge in [-0.3, -0.25) is 9.79 Å². The van der Waals surface area contributed by atoms with Gasteiger partial charge in [0.25, 0.3) is 0 Å². The van der Waals surface area contributed by atoms with Crippen LogP contribution in [0.4, 0.5) is 0 Å². The molecule has 2 heterocycles. The van der Waals surface area contributed by atoms with Crippen LogP contribution in [0.15, 0.2) is 53.5 Å². The predicted octanol–water partition coefficient (Wildman–Crippen LogP) is 3.22. The molecule has 0 atom stereocenters. The van der Waals surface area contributed by atoms with Crippen molar-refractivity contribution in [3.05, 3.63) is 65.5 Å². The minimum atomic E-state index is 0.266. The number of hydrogen-bond donors (Lipinski definition) is 2. The highest BCUT2D eigenvalue weighted by Crippen LogP contribution is 2.16. The van der Waals surface area contributed by atoms with Crippen molar-refractivity contribution in [1.29, 1.82) is 0 Å². The summed E-state index contributed by atoms with van der Waals surface area (Å²) in [7, 11) is 1.79. The van der Waals surface area contributed by atoms with E-state index in [0.29, 0.717) is 19.5 Å². The number of carbonyl (C=O) groups is 1. The third-order valence-corrected chi connectivity index (χ3v) is 5.95. The number of aryl methyl sites for hydroxylation is 2. The number of aromatic nitrogens is 2. The van der Waals surface area contributed by atoms with Gasteiger partial charge in [0.05, 0.1) is 11.0 Å². The first-order valence-electron chi connectivity index (χ1n) is 11.4. The number of para-hydroxylation sites is 2. The molecule has 2 aromatic carbocycles. The molecule has 1 aliphatic heterocycles. The molecule has 7 nitrogen and oxygen atoms in total. The lowest BCUT2D eigenvalue weighted by atomic mass is 10.1. The Hall–Kier alpha value is -3.35. The van der Waals surface area contributed by atoms with Gasteiger partial charge in [-0.1, -0.05) is 36.4 Å². The standard InChI is InChI=1S/C25H32N6O/c1-19-29-22-7-3-4-8-23(22)31(19)16-6-14-27-25(26-2)28-17-20-10-12-21(13-11-20)18-30-15-5-9-24(30)32/h3-4,7-8,10-13H,5-6,9,14-18H2,1-2H3,(H2,26,27,28). The highest BCUT2D eigenvalue weighted by molar-refractivity contribution is 5.79. The van der Waals surface area contributed by atoms with E-state index in [-0.39, 0.29) is 5.91 Å². The molecule has 1 fully saturated rings. The SMILES string of the molecule is CN=C(NCCCn1c(C)nc2ccccc21)NCc1ccc(CN2CCCC2=O)cc1. The predicted molar refractivity (Wildman–Crippen MR) is 128 cm³/mol. The molecule has 0 radical (unpaired) electrons. The van der Waals surface area contributed by atoms with Crippen molar-refractivity contribution in [1.82, 2.24) is 25.1 Å². The molecule has 0 saturated carbocycles. The molecule has 0 unspecified atom stereocenters. The first-order valence-corrected chi connectivity index (χ1v) is 11.4. The van der Waals surface area contributed by atoms with Gasteiger partial charge in [0, 0.05) is 46.2 Å². The zero-order valence-corrected chi connectivity index (χ0v) is 19.0. The lowest BCUT2D eigenvalue weighted by molar-refractivity contribution is -0.128. The summed E-state index contributed by atoms with van der Waals surface area (Å²) in [6.07, 6.45) is 2.64. The summed E-state index contributed by atoms with van der Waals surface area (Å²) in [6, 6.07) is 16.7. The Morgan fingerprint density at radius 3 is 2.62 bits per heavy atom. The van der Waals surface area contributed by atoms with E-state index in [4.69, 9.17) is 0 Å². The number of likely N-dealkylation sites (tertiary alicyclic amines) is 1. The van der Waals surface area contributed by atoms with Crippen molar-refractivity contribution in [2.45, 2.75) is 45.8 Å². The Balaban J connectivity index is 1.21. The van der Waals surface area contributed by atoms with E-state index in [1.54, 1.807) is 7.05 Å². The Kier molecular flexibility index (Phi) is 7.04. The highest BCUT2D eigenvalue weighted by Gasteiger charge is 2.19. The molecule has 1 aliphatic rings. The average molecular weight is 433 g/mol. The molecule has 4 rings (SSSR count). The van der Waals surface area contributed by atoms with E-state index < -0.39 is 0 Å². The van der Waals surface area contributed by atoms with Crippen molar-refractivity contribution in [2.24, 2.45) is 4.99 Å². The number of hydrogen-bond acceptors (Lipinski definition) is 3. The summed E-state index contributed by atoms with van der Waals surface area (Å²) in [4.78, 5) is 22.7. The van der Waals surface area contributed by atoms with E-state index in [2.05, 4.69) is 74.6 Å². The largest absolute Gasteiger partial charge is 0.356 e. The van der Waals surface area contributed by atoms with Crippen molar-refractivity contribution >= 4 is 22.9 Å². The Morgan fingerprint density at radius 1 is 1.09 bits per heavy atom. The van der Waals surface area contributed by atoms with Crippen LogP contribution in [0.5, 0.6) is 0 Å². The molecule has 2 N–H and O–H groups in total. The van der Waals surface area contributed by atoms with Crippen molar-refractivity contribution in [3.8, 4) is 0 Å². The average Bonchev–Trinajstić information content (AvgIpc) is 3.36. The minimum absolute atomic E-state index is 0.266. The van der Waals surface area contributed by atoms with Crippen LogP contribution >= 0.6 is 0 Å². The van der Waals surface area contributed by atoms with Gasteiger partial charge in [0.15, 0.2) is 5.96 Å². The maximum atomic E-state index is 11.8. The van der Waals surface area contributed by atoms with Crippen LogP contribution in [0.25, 0.3) is 11.0 Å². The molecule has 1 amide bonds. The van der Waals surface area contributed by atoms with Gasteiger partial charge in [-0.25, -0.2) is 4.98 Å². The number of benzene rings is 2. The van der Waals surface area contributed by atoms with Crippen LogP contribution in [0.2, 0.25) is 0 Å². The van der Waals surface area contributed by atoms with Crippen LogP contribution in [0.1, 0.15) is 36.2 Å². The summed E-state index contributed by atoms with van der Waals surface area (Å²) in [5, 5.41) is 6.77. The topological polar surface area (TPSA) is 74.6 Å². The fraction of sp³-hybridized carbons (Fsp3) is 0.400. The molecule has 168 valence electrons. The first kappa shape index (κ1) is 21.9. The Bertz CT molecular complexity index is 1090. The quantitative estimate of drug-likeness (QED) is 0.326. The van der Waals surface area contributed by atoms with E-state index in [0.717, 1.165) is 49.8 Å². The summed E-state index contributed by atoms with van der Waals surface area (Å²) in [6.45, 7) is 6.09. The van der Waals surface area contributed by atoms with Gasteiger partial charge in [-0.2, -0.15) is 0 Å². The van der Waals surface area contributed by atoms with E-state index in [1.165, 1.54) is 16.6 Å². The van der Waals surface area contributed by atoms with Crippen molar-refractivity contribution in [2.75, 3.05) is 20.1 Å². The minimum Gasteiger partial charge on any atom is -0.356 e. The van der Waals surface area contributed by atoms with Crippen LogP contribution in [-0.4, -0.2) is 46.5 Å². The second-order valence-electron chi connectivity index (χ2n) is 8.24. The van der Waals surface area contributed by atoms with E-state index in [9.17, 15) is 4.79 Å². The Morgan fingerprint density at radius 2 is 1.88 bits per heavy atom. The lowest BCUT2D eigenvalue weighted by Crippen LogP contribution is -2.37. The second-order valence-corrected chi connectivity index (χ2v) is 8.24. The Labute approximate surface area is 189 Å². The number of amides is 1. The third-order valence-electron chi connectivity index (χ3n) is 5.95. The molecule has 1 aromatic heterocycles. The van der Waals surface area contributed by atoms with Gasteiger partial charge < -0.3 is 20.1 Å². The third kappa shape index (κ3) is 5.28. The van der Waals surface area contributed by atoms with Gasteiger partial charge >= 0.3 is 0 Å². The van der Waals surface area contributed by atoms with Crippen LogP contribution in [-0.2, 0) is 24.4 Å². The molecule has 32 heavy (non-hydrogen) atoms. The highest BCUT2D eigenvalue weighted by atomic mass is 16.2. The number of aliphatic imine (C=N–C) groups is 1. The second kappa shape index (κ2) is 10.3. The molecule has 3 aromatic rings. The zero-order chi connectivity index (χ0) is 22.3. The van der Waals surface area contributed by atoms with Crippen molar-refractivity contribution in [3.63, 3.8) is 0 Å². The normalized spacial score (nSPS) is 14.4. The fourth-order valence-corrected chi connectivity index (χ4v) is 4.18. The number of fused-ring (bicyclic) bond motifs is 1. The van der Waals surface area contributed by atoms with Crippen molar-refractivity contribution < 1.29 is 4.79 Å². The van der Waals surface area contributed by atoms with E-state index >= 15 is 0 Å². The summed E-state index contributed by atoms with van der Waals surface area (Å²) < 4.78 is 2.27. The monoisotopic (exact) mass is 432 g/mol. The van der Waals surface area contributed by atoms with Crippen LogP contribution in [0.3, 0.4) is 0 Å². The van der Waals surface area contributed by atoms with Gasteiger partial charge in [-0.05, 0) is 43.0 Å². The molecular weight excluding hydrogens is 400 g/mol. The number of imidazole rings is 1. The van der Waals surface area contributed by atoms with Crippen LogP contribution < -0.4 is 10.6 Å². The number of guanidine groups is 1. The summed E-state index contributed by atoms with van der Waals surface area (Å²) >= 11 is 0. The summed E-state index contributed by atoms with van der Waals surface area (Å²) in [5.41, 5.74) is 4.59. The number of nitrogens with one attached hydrogen (secondary N) is 2. The first-order chi connectivity index (χ1) is 15.6. The van der Waals surface area contributed by atoms with Gasteiger partial charge in [-0.15, -0.1) is 0 Å². The molecular formula is C25H32N6O. The molecule has 7 heteroatoms. The number of rotatable bonds is 8. The summed E-state index contributed by atoms with van der Waals surface area (Å²) in [5.74, 6) is 2.11. The molecule has 0 spiro atoms. The fourth-order valence-electron chi connectivity index (χ4n) is 4.18. The van der Waals surface area contributed by atoms with Crippen LogP contribution in [0, 0.1) is 6.92 Å². The molecule has 1 saturated heterocycles. The molecule has 0 bridgehead atoms. The molecule has 0 aliphatic carbocycles. The maximum Gasteiger partial charge on any atom is 0.222 e. The zero-order valence-electron chi connectivity index (χ0n) is 19.0. The lowest BCUT2D eigenvalue weighted by Gasteiger charge is -2.16. The number of nitrogens with zero attached hydrogens (tertiary/aromatic N) is 4. The van der Waals surface area contributed by atoms with Gasteiger partial charge in [0.1, 0.15) is 5.82 Å². The smallest absolute Gasteiger partial charge is 0.222 e. The number of carbonyl (C=O) groups excluding carboxylic acids is 1. The van der Waals surface area contributed by atoms with Gasteiger partial charge in [0.2, 0.25) is 5.91 Å². The maximum absolute atomic E-state index is 11.8. The van der Waals surface area contributed by atoms with E-state index in [1.807, 2.05) is 11.0 Å².